The maximum absolute atomic E-state index is 12.3. The molecule has 0 bridgehead atoms. The van der Waals surface area contributed by atoms with Gasteiger partial charge >= 0.3 is 0 Å². The zero-order chi connectivity index (χ0) is 30.9. The minimum Gasteiger partial charge on any atom is -0.394 e. The molecular formula is C37H71NO4. The molecule has 5 nitrogen and oxygen atoms in total. The zero-order valence-electron chi connectivity index (χ0n) is 27.9. The van der Waals surface area contributed by atoms with Crippen LogP contribution in [0.15, 0.2) is 24.3 Å². The van der Waals surface area contributed by atoms with Crippen LogP contribution >= 0.6 is 0 Å². The van der Waals surface area contributed by atoms with Crippen molar-refractivity contribution in [2.24, 2.45) is 0 Å². The third kappa shape index (κ3) is 27.7. The normalized spacial score (nSPS) is 14.1. The first-order valence-electron chi connectivity index (χ1n) is 18.1. The summed E-state index contributed by atoms with van der Waals surface area (Å²) in [6, 6.07) is -0.825. The van der Waals surface area contributed by atoms with Crippen LogP contribution in [0.2, 0.25) is 0 Å². The summed E-state index contributed by atoms with van der Waals surface area (Å²) in [6.07, 6.45) is 37.0. The van der Waals surface area contributed by atoms with Crippen molar-refractivity contribution in [2.75, 3.05) is 6.61 Å². The first kappa shape index (κ1) is 40.8. The molecule has 0 aromatic heterocycles. The summed E-state index contributed by atoms with van der Waals surface area (Å²) in [4.78, 5) is 12.3. The molecule has 0 saturated carbocycles. The molecule has 0 rings (SSSR count). The molecule has 4 N–H and O–H groups in total. The molecule has 3 unspecified atom stereocenters. The van der Waals surface area contributed by atoms with E-state index in [4.69, 9.17) is 0 Å². The summed E-state index contributed by atoms with van der Waals surface area (Å²) >= 11 is 0. The fourth-order valence-corrected chi connectivity index (χ4v) is 5.39. The number of unbranched alkanes of at least 4 members (excludes halogenated alkanes) is 20. The van der Waals surface area contributed by atoms with Crippen molar-refractivity contribution in [2.45, 2.75) is 199 Å². The Bertz CT molecular complexity index is 621. The van der Waals surface area contributed by atoms with Crippen LogP contribution in [0, 0.1) is 0 Å². The third-order valence-electron chi connectivity index (χ3n) is 8.28. The second-order valence-electron chi connectivity index (χ2n) is 12.4. The van der Waals surface area contributed by atoms with Crippen molar-refractivity contribution in [1.82, 2.24) is 5.32 Å². The summed E-state index contributed by atoms with van der Waals surface area (Å²) in [7, 11) is 0. The molecule has 0 saturated heterocycles. The van der Waals surface area contributed by atoms with E-state index in [2.05, 4.69) is 43.5 Å². The maximum Gasteiger partial charge on any atom is 0.220 e. The topological polar surface area (TPSA) is 89.8 Å². The van der Waals surface area contributed by atoms with Crippen LogP contribution in [0.1, 0.15) is 181 Å². The van der Waals surface area contributed by atoms with E-state index in [9.17, 15) is 20.1 Å². The van der Waals surface area contributed by atoms with Gasteiger partial charge in [0.25, 0.3) is 0 Å². The molecule has 42 heavy (non-hydrogen) atoms. The van der Waals surface area contributed by atoms with E-state index in [0.29, 0.717) is 12.8 Å². The SMILES string of the molecule is CCCCCCC/C=C/CCCC(O)C(O)C(CO)NC(=O)CCCCCCC/C=C\CCCCCCCCCCC. The Morgan fingerprint density at radius 3 is 1.38 bits per heavy atom. The second-order valence-corrected chi connectivity index (χ2v) is 12.4. The lowest BCUT2D eigenvalue weighted by molar-refractivity contribution is -0.124. The van der Waals surface area contributed by atoms with E-state index in [1.54, 1.807) is 0 Å². The van der Waals surface area contributed by atoms with E-state index in [-0.39, 0.29) is 12.5 Å². The number of hydrogen-bond acceptors (Lipinski definition) is 4. The summed E-state index contributed by atoms with van der Waals surface area (Å²) in [6.45, 7) is 4.12. The molecule has 0 aromatic carbocycles. The Morgan fingerprint density at radius 2 is 0.952 bits per heavy atom. The number of aliphatic hydroxyl groups excluding tert-OH is 3. The van der Waals surface area contributed by atoms with Gasteiger partial charge in [-0.3, -0.25) is 4.79 Å². The maximum atomic E-state index is 12.3. The van der Waals surface area contributed by atoms with E-state index in [1.165, 1.54) is 109 Å². The number of carbonyl (C=O) groups excluding carboxylic acids is 1. The Morgan fingerprint density at radius 1 is 0.571 bits per heavy atom. The summed E-state index contributed by atoms with van der Waals surface area (Å²) < 4.78 is 0. The van der Waals surface area contributed by atoms with Crippen molar-refractivity contribution >= 4 is 5.91 Å². The van der Waals surface area contributed by atoms with Crippen LogP contribution in [-0.4, -0.2) is 46.1 Å². The van der Waals surface area contributed by atoms with Gasteiger partial charge in [0.2, 0.25) is 5.91 Å². The largest absolute Gasteiger partial charge is 0.394 e. The van der Waals surface area contributed by atoms with Crippen molar-refractivity contribution in [3.63, 3.8) is 0 Å². The number of aliphatic hydroxyl groups is 3. The average Bonchev–Trinajstić information content (AvgIpc) is 2.99. The molecule has 5 heteroatoms. The highest BCUT2D eigenvalue weighted by molar-refractivity contribution is 5.76. The quantitative estimate of drug-likeness (QED) is 0.0462. The first-order chi connectivity index (χ1) is 20.6. The minimum absolute atomic E-state index is 0.165. The predicted molar refractivity (Wildman–Crippen MR) is 181 cm³/mol. The zero-order valence-corrected chi connectivity index (χ0v) is 27.9. The predicted octanol–water partition coefficient (Wildman–Crippen LogP) is 9.48. The highest BCUT2D eigenvalue weighted by atomic mass is 16.3. The fourth-order valence-electron chi connectivity index (χ4n) is 5.39. The molecule has 0 radical (unpaired) electrons. The Labute approximate surface area is 261 Å². The van der Waals surface area contributed by atoms with Gasteiger partial charge in [-0.25, -0.2) is 0 Å². The molecule has 0 fully saturated rings. The molecule has 0 aliphatic heterocycles. The number of hydrogen-bond donors (Lipinski definition) is 4. The lowest BCUT2D eigenvalue weighted by Crippen LogP contribution is -2.50. The number of rotatable bonds is 32. The molecular weight excluding hydrogens is 522 g/mol. The molecule has 0 aliphatic rings. The van der Waals surface area contributed by atoms with Gasteiger partial charge in [-0.05, 0) is 64.2 Å². The van der Waals surface area contributed by atoms with Gasteiger partial charge in [0.05, 0.1) is 18.8 Å². The Hall–Kier alpha value is -1.17. The van der Waals surface area contributed by atoms with Gasteiger partial charge < -0.3 is 20.6 Å². The van der Waals surface area contributed by atoms with Crippen LogP contribution in [0.5, 0.6) is 0 Å². The average molecular weight is 594 g/mol. The van der Waals surface area contributed by atoms with Crippen molar-refractivity contribution in [3.8, 4) is 0 Å². The summed E-state index contributed by atoms with van der Waals surface area (Å²) in [5.41, 5.74) is 0. The van der Waals surface area contributed by atoms with Gasteiger partial charge in [0.1, 0.15) is 6.10 Å². The molecule has 3 atom stereocenters. The Kier molecular flexibility index (Phi) is 31.8. The smallest absolute Gasteiger partial charge is 0.220 e. The van der Waals surface area contributed by atoms with Crippen LogP contribution in [0.25, 0.3) is 0 Å². The summed E-state index contributed by atoms with van der Waals surface area (Å²) in [5, 5.41) is 33.2. The molecule has 1 amide bonds. The van der Waals surface area contributed by atoms with Crippen LogP contribution in [0.3, 0.4) is 0 Å². The van der Waals surface area contributed by atoms with Gasteiger partial charge in [-0.15, -0.1) is 0 Å². The molecule has 0 aliphatic carbocycles. The van der Waals surface area contributed by atoms with Crippen molar-refractivity contribution in [3.05, 3.63) is 24.3 Å². The number of carbonyl (C=O) groups is 1. The molecule has 0 heterocycles. The number of nitrogens with one attached hydrogen (secondary N) is 1. The first-order valence-corrected chi connectivity index (χ1v) is 18.1. The fraction of sp³-hybridized carbons (Fsp3) is 0.865. The molecule has 248 valence electrons. The summed E-state index contributed by atoms with van der Waals surface area (Å²) in [5.74, 6) is -0.165. The highest BCUT2D eigenvalue weighted by Crippen LogP contribution is 2.13. The number of allylic oxidation sites excluding steroid dienone is 4. The van der Waals surface area contributed by atoms with Crippen molar-refractivity contribution < 1.29 is 20.1 Å². The highest BCUT2D eigenvalue weighted by Gasteiger charge is 2.26. The number of amides is 1. The van der Waals surface area contributed by atoms with Crippen LogP contribution in [-0.2, 0) is 4.79 Å². The van der Waals surface area contributed by atoms with E-state index < -0.39 is 18.2 Å². The lowest BCUT2D eigenvalue weighted by atomic mass is 10.0. The molecule has 0 spiro atoms. The van der Waals surface area contributed by atoms with E-state index >= 15 is 0 Å². The lowest BCUT2D eigenvalue weighted by Gasteiger charge is -2.26. The molecule has 0 aromatic rings. The van der Waals surface area contributed by atoms with Gasteiger partial charge in [-0.2, -0.15) is 0 Å². The van der Waals surface area contributed by atoms with Crippen molar-refractivity contribution in [1.29, 1.82) is 0 Å². The minimum atomic E-state index is -1.16. The van der Waals surface area contributed by atoms with E-state index in [1.807, 2.05) is 0 Å². The van der Waals surface area contributed by atoms with Crippen LogP contribution in [0.4, 0.5) is 0 Å². The second kappa shape index (κ2) is 32.7. The van der Waals surface area contributed by atoms with Gasteiger partial charge in [-0.1, -0.05) is 134 Å². The van der Waals surface area contributed by atoms with Gasteiger partial charge in [0.15, 0.2) is 0 Å². The monoisotopic (exact) mass is 594 g/mol. The Balaban J connectivity index is 3.72. The van der Waals surface area contributed by atoms with Crippen LogP contribution < -0.4 is 5.32 Å². The third-order valence-corrected chi connectivity index (χ3v) is 8.28. The van der Waals surface area contributed by atoms with Gasteiger partial charge in [0, 0.05) is 6.42 Å². The standard InChI is InChI=1S/C37H71NO4/c1-3-5-7-9-11-13-15-16-17-18-19-20-21-22-24-26-28-30-32-36(41)38-34(33-39)37(42)35(40)31-29-27-25-23-14-12-10-8-6-4-2/h19-20,23,25,34-35,37,39-40,42H,3-18,21-22,24,26-33H2,1-2H3,(H,38,41)/b20-19-,25-23+. The van der Waals surface area contributed by atoms with E-state index in [0.717, 1.165) is 44.9 Å².